The molecule has 0 spiro atoms. The van der Waals surface area contributed by atoms with Gasteiger partial charge in [0.25, 0.3) is 0 Å². The van der Waals surface area contributed by atoms with Gasteiger partial charge >= 0.3 is 6.09 Å². The first-order valence-corrected chi connectivity index (χ1v) is 9.79. The van der Waals surface area contributed by atoms with Gasteiger partial charge in [-0.25, -0.2) is 4.79 Å². The number of benzene rings is 1. The second-order valence-corrected chi connectivity index (χ2v) is 7.57. The molecular formula is C21H35NO7. The SMILES string of the molecule is COCCOCCOCCOc1ccc(CC(CO)N(C(=O)O)C(C)(C)C)cc1. The van der Waals surface area contributed by atoms with E-state index in [1.54, 1.807) is 7.11 Å². The number of aliphatic hydroxyl groups excluding tert-OH is 1. The molecule has 8 heteroatoms. The van der Waals surface area contributed by atoms with Gasteiger partial charge in [-0.05, 0) is 44.9 Å². The molecule has 1 rings (SSSR count). The fraction of sp³-hybridized carbons (Fsp3) is 0.667. The fourth-order valence-corrected chi connectivity index (χ4v) is 2.90. The summed E-state index contributed by atoms with van der Waals surface area (Å²) in [5, 5.41) is 19.2. The van der Waals surface area contributed by atoms with Gasteiger partial charge in [0.2, 0.25) is 0 Å². The monoisotopic (exact) mass is 413 g/mol. The molecule has 0 aliphatic rings. The number of aliphatic hydroxyl groups is 1. The lowest BCUT2D eigenvalue weighted by Gasteiger charge is -2.39. The van der Waals surface area contributed by atoms with Gasteiger partial charge in [-0.2, -0.15) is 0 Å². The normalized spacial score (nSPS) is 12.6. The number of carbonyl (C=O) groups is 1. The Kier molecular flexibility index (Phi) is 11.6. The minimum atomic E-state index is -1.04. The van der Waals surface area contributed by atoms with E-state index in [4.69, 9.17) is 18.9 Å². The molecule has 29 heavy (non-hydrogen) atoms. The number of carboxylic acid groups (broad SMARTS) is 1. The van der Waals surface area contributed by atoms with Crippen LogP contribution in [0.15, 0.2) is 24.3 Å². The van der Waals surface area contributed by atoms with E-state index in [2.05, 4.69) is 0 Å². The highest BCUT2D eigenvalue weighted by Crippen LogP contribution is 2.21. The highest BCUT2D eigenvalue weighted by Gasteiger charge is 2.32. The van der Waals surface area contributed by atoms with E-state index < -0.39 is 17.7 Å². The zero-order valence-electron chi connectivity index (χ0n) is 17.9. The quantitative estimate of drug-likeness (QED) is 0.452. The summed E-state index contributed by atoms with van der Waals surface area (Å²) in [6.45, 7) is 8.23. The topological polar surface area (TPSA) is 97.7 Å². The third kappa shape index (κ3) is 9.94. The molecule has 2 N–H and O–H groups in total. The van der Waals surface area contributed by atoms with Crippen LogP contribution < -0.4 is 4.74 Å². The van der Waals surface area contributed by atoms with Gasteiger partial charge in [0.05, 0.1) is 45.7 Å². The standard InChI is InChI=1S/C21H35NO7/c1-21(2,3)22(20(24)25)18(16-23)15-17-5-7-19(8-6-17)29-14-13-28-12-11-27-10-9-26-4/h5-8,18,23H,9-16H2,1-4H3,(H,24,25). The summed E-state index contributed by atoms with van der Waals surface area (Å²) in [6.07, 6.45) is -0.618. The minimum Gasteiger partial charge on any atom is -0.491 e. The van der Waals surface area contributed by atoms with Gasteiger partial charge in [0.15, 0.2) is 0 Å². The lowest BCUT2D eigenvalue weighted by atomic mass is 9.99. The van der Waals surface area contributed by atoms with Crippen LogP contribution >= 0.6 is 0 Å². The molecule has 0 saturated heterocycles. The van der Waals surface area contributed by atoms with E-state index in [1.165, 1.54) is 4.90 Å². The Hall–Kier alpha value is -1.87. The third-order valence-electron chi connectivity index (χ3n) is 4.20. The van der Waals surface area contributed by atoms with Crippen LogP contribution in [0.25, 0.3) is 0 Å². The summed E-state index contributed by atoms with van der Waals surface area (Å²) in [5.41, 5.74) is 0.327. The summed E-state index contributed by atoms with van der Waals surface area (Å²) < 4.78 is 21.2. The van der Waals surface area contributed by atoms with Crippen molar-refractivity contribution in [3.8, 4) is 5.75 Å². The molecule has 0 aromatic heterocycles. The molecule has 1 amide bonds. The van der Waals surface area contributed by atoms with Gasteiger partial charge in [-0.15, -0.1) is 0 Å². The minimum absolute atomic E-state index is 0.242. The molecule has 1 atom stereocenters. The smallest absolute Gasteiger partial charge is 0.408 e. The molecule has 1 unspecified atom stereocenters. The van der Waals surface area contributed by atoms with Crippen molar-refractivity contribution in [2.24, 2.45) is 0 Å². The first kappa shape index (κ1) is 25.2. The van der Waals surface area contributed by atoms with E-state index in [-0.39, 0.29) is 6.61 Å². The summed E-state index contributed by atoms with van der Waals surface area (Å²) >= 11 is 0. The molecule has 0 heterocycles. The second kappa shape index (κ2) is 13.4. The number of nitrogens with zero attached hydrogens (tertiary/aromatic N) is 1. The third-order valence-corrected chi connectivity index (χ3v) is 4.20. The predicted molar refractivity (Wildman–Crippen MR) is 110 cm³/mol. The molecule has 0 radical (unpaired) electrons. The number of rotatable bonds is 14. The van der Waals surface area contributed by atoms with Crippen LogP contribution in [0.5, 0.6) is 5.75 Å². The Bertz CT molecular complexity index is 571. The van der Waals surface area contributed by atoms with Crippen LogP contribution in [0.1, 0.15) is 26.3 Å². The van der Waals surface area contributed by atoms with E-state index in [1.807, 2.05) is 45.0 Å². The number of hydrogen-bond donors (Lipinski definition) is 2. The Morgan fingerprint density at radius 2 is 1.55 bits per heavy atom. The van der Waals surface area contributed by atoms with Gasteiger partial charge in [0, 0.05) is 12.6 Å². The van der Waals surface area contributed by atoms with E-state index in [9.17, 15) is 15.0 Å². The van der Waals surface area contributed by atoms with Crippen LogP contribution in [-0.2, 0) is 20.6 Å². The van der Waals surface area contributed by atoms with Crippen molar-refractivity contribution >= 4 is 6.09 Å². The average Bonchev–Trinajstić information content (AvgIpc) is 2.66. The fourth-order valence-electron chi connectivity index (χ4n) is 2.90. The van der Waals surface area contributed by atoms with Crippen molar-refractivity contribution in [1.29, 1.82) is 0 Å². The number of hydrogen-bond acceptors (Lipinski definition) is 6. The lowest BCUT2D eigenvalue weighted by Crippen LogP contribution is -2.53. The van der Waals surface area contributed by atoms with Crippen molar-refractivity contribution in [3.63, 3.8) is 0 Å². The summed E-state index contributed by atoms with van der Waals surface area (Å²) in [7, 11) is 1.63. The average molecular weight is 414 g/mol. The van der Waals surface area contributed by atoms with Crippen LogP contribution in [0.3, 0.4) is 0 Å². The second-order valence-electron chi connectivity index (χ2n) is 7.57. The van der Waals surface area contributed by atoms with Crippen molar-refractivity contribution in [2.45, 2.75) is 38.8 Å². The van der Waals surface area contributed by atoms with Gasteiger partial charge in [0.1, 0.15) is 12.4 Å². The summed E-state index contributed by atoms with van der Waals surface area (Å²) in [5.74, 6) is 0.708. The maximum Gasteiger partial charge on any atom is 0.408 e. The first-order chi connectivity index (χ1) is 13.8. The number of methoxy groups -OCH3 is 1. The van der Waals surface area contributed by atoms with Gasteiger partial charge < -0.3 is 29.2 Å². The van der Waals surface area contributed by atoms with E-state index in [0.717, 1.165) is 5.56 Å². The Morgan fingerprint density at radius 1 is 1.00 bits per heavy atom. The highest BCUT2D eigenvalue weighted by molar-refractivity contribution is 5.66. The molecule has 0 fully saturated rings. The zero-order valence-corrected chi connectivity index (χ0v) is 17.9. The zero-order chi connectivity index (χ0) is 21.7. The van der Waals surface area contributed by atoms with Gasteiger partial charge in [-0.1, -0.05) is 12.1 Å². The van der Waals surface area contributed by atoms with Crippen molar-refractivity contribution in [3.05, 3.63) is 29.8 Å². The molecule has 1 aromatic carbocycles. The molecule has 166 valence electrons. The lowest BCUT2D eigenvalue weighted by molar-refractivity contribution is 0.0179. The summed E-state index contributed by atoms with van der Waals surface area (Å²) in [6, 6.07) is 6.91. The Labute approximate surface area is 173 Å². The molecule has 0 aliphatic carbocycles. The largest absolute Gasteiger partial charge is 0.491 e. The first-order valence-electron chi connectivity index (χ1n) is 9.79. The van der Waals surface area contributed by atoms with Crippen LogP contribution in [0, 0.1) is 0 Å². The molecule has 8 nitrogen and oxygen atoms in total. The molecule has 0 bridgehead atoms. The Balaban J connectivity index is 2.40. The van der Waals surface area contributed by atoms with Crippen molar-refractivity contribution < 1.29 is 34.0 Å². The van der Waals surface area contributed by atoms with E-state index >= 15 is 0 Å². The molecular weight excluding hydrogens is 378 g/mol. The van der Waals surface area contributed by atoms with Crippen LogP contribution in [0.2, 0.25) is 0 Å². The molecule has 0 saturated carbocycles. The molecule has 1 aromatic rings. The maximum atomic E-state index is 11.6. The predicted octanol–water partition coefficient (Wildman–Crippen LogP) is 2.43. The summed E-state index contributed by atoms with van der Waals surface area (Å²) in [4.78, 5) is 12.9. The van der Waals surface area contributed by atoms with E-state index in [0.29, 0.717) is 51.8 Å². The van der Waals surface area contributed by atoms with Crippen molar-refractivity contribution in [1.82, 2.24) is 4.90 Å². The number of ether oxygens (including phenoxy) is 4. The van der Waals surface area contributed by atoms with Crippen LogP contribution in [0.4, 0.5) is 4.79 Å². The van der Waals surface area contributed by atoms with Gasteiger partial charge in [-0.3, -0.25) is 4.90 Å². The maximum absolute atomic E-state index is 11.6. The highest BCUT2D eigenvalue weighted by atomic mass is 16.6. The van der Waals surface area contributed by atoms with Crippen LogP contribution in [-0.4, -0.2) is 86.1 Å². The Morgan fingerprint density at radius 3 is 2.03 bits per heavy atom. The number of amides is 1. The van der Waals surface area contributed by atoms with Crippen molar-refractivity contribution in [2.75, 3.05) is 53.4 Å². The molecule has 0 aliphatic heterocycles.